The topological polar surface area (TPSA) is 88.1 Å². The highest BCUT2D eigenvalue weighted by atomic mass is 32.2. The Morgan fingerprint density at radius 1 is 1.21 bits per heavy atom. The molecule has 0 bridgehead atoms. The van der Waals surface area contributed by atoms with Crippen molar-refractivity contribution in [3.05, 3.63) is 64.4 Å². The molecule has 1 aromatic heterocycles. The highest BCUT2D eigenvalue weighted by molar-refractivity contribution is 7.99. The summed E-state index contributed by atoms with van der Waals surface area (Å²) in [5, 5.41) is 20.2. The molecule has 7 heteroatoms. The number of rotatable bonds is 8. The summed E-state index contributed by atoms with van der Waals surface area (Å²) in [7, 11) is 0. The van der Waals surface area contributed by atoms with Crippen molar-refractivity contribution in [3.8, 4) is 11.8 Å². The molecular weight excluding hydrogens is 386 g/mol. The van der Waals surface area contributed by atoms with Crippen molar-refractivity contribution >= 4 is 22.7 Å². The molecule has 0 saturated carbocycles. The number of aliphatic hydroxyl groups is 1. The molecule has 2 aromatic carbocycles. The Hall–Kier alpha value is -2.82. The number of aromatic nitrogens is 2. The second-order valence-corrected chi connectivity index (χ2v) is 7.92. The minimum Gasteiger partial charge on any atom is -0.491 e. The first-order valence-corrected chi connectivity index (χ1v) is 10.4. The van der Waals surface area contributed by atoms with E-state index in [-0.39, 0.29) is 18.2 Å². The van der Waals surface area contributed by atoms with E-state index in [0.29, 0.717) is 34.0 Å². The summed E-state index contributed by atoms with van der Waals surface area (Å²) in [5.74, 6) is 0.989. The van der Waals surface area contributed by atoms with Gasteiger partial charge in [-0.3, -0.25) is 9.36 Å². The monoisotopic (exact) mass is 409 g/mol. The maximum absolute atomic E-state index is 12.8. The van der Waals surface area contributed by atoms with Crippen LogP contribution in [0.1, 0.15) is 25.5 Å². The minimum atomic E-state index is -0.720. The van der Waals surface area contributed by atoms with Crippen LogP contribution in [0.25, 0.3) is 10.9 Å². The molecule has 3 rings (SSSR count). The Bertz CT molecular complexity index is 1070. The number of benzene rings is 2. The van der Waals surface area contributed by atoms with E-state index < -0.39 is 6.10 Å². The van der Waals surface area contributed by atoms with Crippen LogP contribution in [0.2, 0.25) is 0 Å². The third-order valence-corrected chi connectivity index (χ3v) is 5.44. The molecule has 0 spiro atoms. The van der Waals surface area contributed by atoms with Crippen molar-refractivity contribution in [2.45, 2.75) is 37.6 Å². The Morgan fingerprint density at radius 3 is 2.62 bits per heavy atom. The van der Waals surface area contributed by atoms with Crippen molar-refractivity contribution in [2.24, 2.45) is 0 Å². The summed E-state index contributed by atoms with van der Waals surface area (Å²) in [5.41, 5.74) is 1.50. The van der Waals surface area contributed by atoms with Crippen LogP contribution in [0.5, 0.6) is 5.75 Å². The van der Waals surface area contributed by atoms with Crippen LogP contribution < -0.4 is 10.3 Å². The molecular formula is C22H23N3O3S. The first kappa shape index (κ1) is 20.9. The molecule has 0 saturated heterocycles. The lowest BCUT2D eigenvalue weighted by Gasteiger charge is -2.17. The van der Waals surface area contributed by atoms with Crippen LogP contribution in [-0.2, 0) is 6.42 Å². The van der Waals surface area contributed by atoms with Gasteiger partial charge in [-0.25, -0.2) is 4.98 Å². The van der Waals surface area contributed by atoms with Gasteiger partial charge in [-0.05, 0) is 43.7 Å². The molecule has 6 nitrogen and oxygen atoms in total. The molecule has 29 heavy (non-hydrogen) atoms. The molecule has 0 amide bonds. The van der Waals surface area contributed by atoms with E-state index in [1.807, 2.05) is 44.2 Å². The summed E-state index contributed by atoms with van der Waals surface area (Å²) in [4.78, 5) is 17.4. The predicted octanol–water partition coefficient (Wildman–Crippen LogP) is 3.58. The van der Waals surface area contributed by atoms with Crippen LogP contribution in [0.4, 0.5) is 0 Å². The number of nitriles is 1. The second-order valence-electron chi connectivity index (χ2n) is 6.94. The van der Waals surface area contributed by atoms with Gasteiger partial charge in [0.2, 0.25) is 0 Å². The number of hydrogen-bond donors (Lipinski definition) is 1. The van der Waals surface area contributed by atoms with Gasteiger partial charge in [0.05, 0.1) is 29.5 Å². The number of hydrogen-bond acceptors (Lipinski definition) is 6. The van der Waals surface area contributed by atoms with Gasteiger partial charge in [0.15, 0.2) is 5.16 Å². The molecule has 0 fully saturated rings. The van der Waals surface area contributed by atoms with E-state index in [1.54, 1.807) is 22.8 Å². The van der Waals surface area contributed by atoms with E-state index in [1.165, 1.54) is 11.8 Å². The van der Waals surface area contributed by atoms with Gasteiger partial charge in [-0.15, -0.1) is 0 Å². The maximum Gasteiger partial charge on any atom is 0.262 e. The van der Waals surface area contributed by atoms with Crippen LogP contribution >= 0.6 is 11.8 Å². The predicted molar refractivity (Wildman–Crippen MR) is 114 cm³/mol. The minimum absolute atomic E-state index is 0.0394. The Balaban J connectivity index is 1.66. The van der Waals surface area contributed by atoms with Gasteiger partial charge in [0.1, 0.15) is 12.4 Å². The highest BCUT2D eigenvalue weighted by Gasteiger charge is 2.15. The molecule has 0 unspecified atom stereocenters. The molecule has 1 N–H and O–H groups in total. The van der Waals surface area contributed by atoms with E-state index in [9.17, 15) is 9.90 Å². The standard InChI is InChI=1S/C22H23N3O3S/c1-15(2)25-21(27)19-5-3-4-6-20(19)24-22(25)29-14-17(26)13-28-18-9-7-16(8-10-18)11-12-23/h3-10,15,17,26H,11,13-14H2,1-2H3/t17-/m1/s1. The van der Waals surface area contributed by atoms with Gasteiger partial charge in [0.25, 0.3) is 5.56 Å². The summed E-state index contributed by atoms with van der Waals surface area (Å²) >= 11 is 1.34. The highest BCUT2D eigenvalue weighted by Crippen LogP contribution is 2.22. The average Bonchev–Trinajstić information content (AvgIpc) is 2.71. The zero-order valence-corrected chi connectivity index (χ0v) is 17.2. The fourth-order valence-corrected chi connectivity index (χ4v) is 3.92. The molecule has 1 atom stereocenters. The van der Waals surface area contributed by atoms with E-state index in [0.717, 1.165) is 5.56 Å². The molecule has 0 radical (unpaired) electrons. The van der Waals surface area contributed by atoms with Crippen molar-refractivity contribution < 1.29 is 9.84 Å². The van der Waals surface area contributed by atoms with Crippen molar-refractivity contribution in [3.63, 3.8) is 0 Å². The summed E-state index contributed by atoms with van der Waals surface area (Å²) in [6, 6.07) is 16.6. The van der Waals surface area contributed by atoms with Crippen LogP contribution in [0.3, 0.4) is 0 Å². The fraction of sp³-hybridized carbons (Fsp3) is 0.318. The Labute approximate surface area is 173 Å². The molecule has 0 aliphatic carbocycles. The zero-order valence-electron chi connectivity index (χ0n) is 16.4. The van der Waals surface area contributed by atoms with Gasteiger partial charge in [-0.1, -0.05) is 36.0 Å². The number of nitrogens with zero attached hydrogens (tertiary/aromatic N) is 3. The first-order valence-electron chi connectivity index (χ1n) is 9.40. The molecule has 0 aliphatic rings. The number of para-hydroxylation sites is 1. The molecule has 3 aromatic rings. The van der Waals surface area contributed by atoms with Gasteiger partial charge >= 0.3 is 0 Å². The smallest absolute Gasteiger partial charge is 0.262 e. The van der Waals surface area contributed by atoms with Gasteiger partial charge in [-0.2, -0.15) is 5.26 Å². The van der Waals surface area contributed by atoms with E-state index in [4.69, 9.17) is 10.00 Å². The number of ether oxygens (including phenoxy) is 1. The van der Waals surface area contributed by atoms with E-state index >= 15 is 0 Å². The summed E-state index contributed by atoms with van der Waals surface area (Å²) < 4.78 is 7.29. The Kier molecular flexibility index (Phi) is 6.91. The third-order valence-electron chi connectivity index (χ3n) is 4.35. The van der Waals surface area contributed by atoms with Crippen LogP contribution in [-0.4, -0.2) is 33.1 Å². The zero-order chi connectivity index (χ0) is 20.8. The van der Waals surface area contributed by atoms with Gasteiger partial charge in [0, 0.05) is 11.8 Å². The quantitative estimate of drug-likeness (QED) is 0.452. The molecule has 0 aliphatic heterocycles. The lowest BCUT2D eigenvalue weighted by atomic mass is 10.2. The van der Waals surface area contributed by atoms with Crippen LogP contribution in [0.15, 0.2) is 58.5 Å². The number of fused-ring (bicyclic) bond motifs is 1. The average molecular weight is 410 g/mol. The third kappa shape index (κ3) is 5.17. The molecule has 150 valence electrons. The number of aliphatic hydroxyl groups excluding tert-OH is 1. The van der Waals surface area contributed by atoms with E-state index in [2.05, 4.69) is 11.1 Å². The normalized spacial score (nSPS) is 12.1. The maximum atomic E-state index is 12.8. The van der Waals surface area contributed by atoms with Crippen molar-refractivity contribution in [1.82, 2.24) is 9.55 Å². The Morgan fingerprint density at radius 2 is 1.93 bits per heavy atom. The molecule has 1 heterocycles. The second kappa shape index (κ2) is 9.59. The SMILES string of the molecule is CC(C)n1c(SC[C@H](O)COc2ccc(CC#N)cc2)nc2ccccc2c1=O. The largest absolute Gasteiger partial charge is 0.491 e. The summed E-state index contributed by atoms with van der Waals surface area (Å²) in [6.45, 7) is 4.01. The lowest BCUT2D eigenvalue weighted by Crippen LogP contribution is -2.26. The van der Waals surface area contributed by atoms with Crippen LogP contribution in [0, 0.1) is 11.3 Å². The number of thioether (sulfide) groups is 1. The van der Waals surface area contributed by atoms with Gasteiger partial charge < -0.3 is 9.84 Å². The fourth-order valence-electron chi connectivity index (χ4n) is 2.89. The summed E-state index contributed by atoms with van der Waals surface area (Å²) in [6.07, 6.45) is -0.363. The first-order chi connectivity index (χ1) is 14.0. The van der Waals surface area contributed by atoms with Crippen molar-refractivity contribution in [1.29, 1.82) is 5.26 Å². The lowest BCUT2D eigenvalue weighted by molar-refractivity contribution is 0.126. The van der Waals surface area contributed by atoms with Crippen molar-refractivity contribution in [2.75, 3.05) is 12.4 Å².